The molecule has 1 N–H and O–H groups in total. The van der Waals surface area contributed by atoms with Crippen LogP contribution in [0, 0.1) is 10.8 Å². The zero-order chi connectivity index (χ0) is 20.2. The summed E-state index contributed by atoms with van der Waals surface area (Å²) in [6.07, 6.45) is 6.33. The Bertz CT molecular complexity index is 377. The number of carbonyl (C=O) groups excluding carboxylic acids is 2. The summed E-state index contributed by atoms with van der Waals surface area (Å²) in [5.41, 5.74) is -0.917. The lowest BCUT2D eigenvalue weighted by atomic mass is 9.86. The van der Waals surface area contributed by atoms with Gasteiger partial charge < -0.3 is 14.6 Å². The minimum atomic E-state index is -0.459. The quantitative estimate of drug-likeness (QED) is 0.355. The van der Waals surface area contributed by atoms with E-state index in [9.17, 15) is 14.7 Å². The van der Waals surface area contributed by atoms with Gasteiger partial charge in [0.15, 0.2) is 0 Å². The van der Waals surface area contributed by atoms with Crippen LogP contribution in [0.4, 0.5) is 0 Å². The summed E-state index contributed by atoms with van der Waals surface area (Å²) in [5, 5.41) is 10.1. The highest BCUT2D eigenvalue weighted by Gasteiger charge is 2.29. The molecule has 0 heterocycles. The molecule has 0 amide bonds. The van der Waals surface area contributed by atoms with E-state index in [0.29, 0.717) is 13.2 Å². The van der Waals surface area contributed by atoms with E-state index in [1.165, 1.54) is 0 Å². The van der Waals surface area contributed by atoms with Crippen LogP contribution >= 0.6 is 0 Å². The number of aliphatic hydroxyl groups is 1. The molecule has 0 aromatic rings. The van der Waals surface area contributed by atoms with E-state index < -0.39 is 10.8 Å². The van der Waals surface area contributed by atoms with Crippen LogP contribution in [-0.4, -0.2) is 36.4 Å². The summed E-state index contributed by atoms with van der Waals surface area (Å²) in [6, 6.07) is 0. The lowest BCUT2D eigenvalue weighted by Crippen LogP contribution is -2.26. The molecule has 0 spiro atoms. The molecule has 0 bridgehead atoms. The van der Waals surface area contributed by atoms with Gasteiger partial charge in [-0.25, -0.2) is 0 Å². The maximum atomic E-state index is 11.8. The Balaban J connectivity index is 3.89. The highest BCUT2D eigenvalue weighted by Crippen LogP contribution is 2.27. The van der Waals surface area contributed by atoms with Crippen LogP contribution < -0.4 is 0 Å². The molecule has 0 saturated heterocycles. The van der Waals surface area contributed by atoms with Gasteiger partial charge in [-0.2, -0.15) is 0 Å². The van der Waals surface area contributed by atoms with Crippen LogP contribution in [0.1, 0.15) is 92.9 Å². The van der Waals surface area contributed by atoms with Crippen LogP contribution in [0.3, 0.4) is 0 Å². The molecular formula is C21H40O5. The second kappa shape index (κ2) is 12.3. The Kier molecular flexibility index (Phi) is 11.8. The monoisotopic (exact) mass is 372 g/mol. The summed E-state index contributed by atoms with van der Waals surface area (Å²) in [4.78, 5) is 23.7. The van der Waals surface area contributed by atoms with Crippen molar-refractivity contribution < 1.29 is 24.2 Å². The number of unbranched alkanes of at least 4 members (excludes halogenated alkanes) is 2. The van der Waals surface area contributed by atoms with E-state index in [-0.39, 0.29) is 18.0 Å². The smallest absolute Gasteiger partial charge is 0.311 e. The maximum Gasteiger partial charge on any atom is 0.311 e. The molecule has 0 rings (SSSR count). The highest BCUT2D eigenvalue weighted by atomic mass is 16.5. The molecule has 26 heavy (non-hydrogen) atoms. The van der Waals surface area contributed by atoms with Crippen molar-refractivity contribution in [3.63, 3.8) is 0 Å². The first-order valence-electron chi connectivity index (χ1n) is 10.1. The summed E-state index contributed by atoms with van der Waals surface area (Å²) in [6.45, 7) is 12.1. The van der Waals surface area contributed by atoms with Gasteiger partial charge in [0.05, 0.1) is 30.1 Å². The fourth-order valence-electron chi connectivity index (χ4n) is 2.90. The van der Waals surface area contributed by atoms with Crippen molar-refractivity contribution in [2.45, 2.75) is 99.0 Å². The highest BCUT2D eigenvalue weighted by molar-refractivity contribution is 5.76. The Morgan fingerprint density at radius 1 is 0.769 bits per heavy atom. The topological polar surface area (TPSA) is 72.8 Å². The number of rotatable bonds is 14. The minimum Gasteiger partial charge on any atom is -0.466 e. The number of carbonyl (C=O) groups is 2. The molecule has 5 nitrogen and oxygen atoms in total. The van der Waals surface area contributed by atoms with Gasteiger partial charge in [0.2, 0.25) is 0 Å². The van der Waals surface area contributed by atoms with E-state index in [0.717, 1.165) is 51.4 Å². The SMILES string of the molecule is CCOC(=O)C(C)(C)CCCCC(O)CCCCC(C)(C)C(=O)OCC. The van der Waals surface area contributed by atoms with Crippen LogP contribution in [0.2, 0.25) is 0 Å². The first-order valence-corrected chi connectivity index (χ1v) is 10.1. The van der Waals surface area contributed by atoms with Gasteiger partial charge in [-0.1, -0.05) is 25.7 Å². The number of esters is 2. The van der Waals surface area contributed by atoms with E-state index in [2.05, 4.69) is 0 Å². The number of ether oxygens (including phenoxy) is 2. The van der Waals surface area contributed by atoms with Gasteiger partial charge in [0.25, 0.3) is 0 Å². The van der Waals surface area contributed by atoms with Gasteiger partial charge in [-0.3, -0.25) is 9.59 Å². The van der Waals surface area contributed by atoms with Gasteiger partial charge in [-0.15, -0.1) is 0 Å². The Morgan fingerprint density at radius 2 is 1.12 bits per heavy atom. The van der Waals surface area contributed by atoms with Crippen molar-refractivity contribution in [1.29, 1.82) is 0 Å². The summed E-state index contributed by atoms with van der Waals surface area (Å²) in [7, 11) is 0. The second-order valence-corrected chi connectivity index (χ2v) is 8.35. The third kappa shape index (κ3) is 10.1. The van der Waals surface area contributed by atoms with Crippen molar-refractivity contribution in [2.75, 3.05) is 13.2 Å². The minimum absolute atomic E-state index is 0.148. The molecule has 0 radical (unpaired) electrons. The molecule has 0 aliphatic carbocycles. The lowest BCUT2D eigenvalue weighted by Gasteiger charge is -2.23. The molecule has 0 aromatic carbocycles. The Morgan fingerprint density at radius 3 is 1.42 bits per heavy atom. The fourth-order valence-corrected chi connectivity index (χ4v) is 2.90. The van der Waals surface area contributed by atoms with Crippen molar-refractivity contribution in [1.82, 2.24) is 0 Å². The van der Waals surface area contributed by atoms with Gasteiger partial charge in [0, 0.05) is 0 Å². The molecule has 154 valence electrons. The zero-order valence-electron chi connectivity index (χ0n) is 17.7. The van der Waals surface area contributed by atoms with E-state index in [1.807, 2.05) is 41.5 Å². The van der Waals surface area contributed by atoms with Crippen LogP contribution in [0.25, 0.3) is 0 Å². The number of hydrogen-bond donors (Lipinski definition) is 1. The summed E-state index contributed by atoms with van der Waals surface area (Å²) < 4.78 is 10.2. The van der Waals surface area contributed by atoms with Crippen molar-refractivity contribution >= 4 is 11.9 Å². The van der Waals surface area contributed by atoms with Gasteiger partial charge in [-0.05, 0) is 67.2 Å². The van der Waals surface area contributed by atoms with E-state index >= 15 is 0 Å². The molecule has 0 atom stereocenters. The Labute approximate surface area is 159 Å². The van der Waals surface area contributed by atoms with E-state index in [1.54, 1.807) is 0 Å². The fraction of sp³-hybridized carbons (Fsp3) is 0.905. The zero-order valence-corrected chi connectivity index (χ0v) is 17.7. The summed E-state index contributed by atoms with van der Waals surface area (Å²) >= 11 is 0. The molecule has 0 unspecified atom stereocenters. The second-order valence-electron chi connectivity index (χ2n) is 8.35. The lowest BCUT2D eigenvalue weighted by molar-refractivity contribution is -0.154. The predicted octanol–water partition coefficient (Wildman–Crippen LogP) is 4.65. The van der Waals surface area contributed by atoms with Crippen molar-refractivity contribution in [2.24, 2.45) is 10.8 Å². The van der Waals surface area contributed by atoms with Crippen LogP contribution in [0.15, 0.2) is 0 Å². The standard InChI is InChI=1S/C21H40O5/c1-7-25-18(23)20(3,4)15-11-9-13-17(22)14-10-12-16-21(5,6)19(24)26-8-2/h17,22H,7-16H2,1-6H3. The molecule has 0 aliphatic heterocycles. The van der Waals surface area contributed by atoms with Gasteiger partial charge >= 0.3 is 11.9 Å². The first kappa shape index (κ1) is 24.9. The van der Waals surface area contributed by atoms with E-state index in [4.69, 9.17) is 9.47 Å². The normalized spacial score (nSPS) is 12.3. The average Bonchev–Trinajstić information content (AvgIpc) is 2.56. The number of aliphatic hydroxyl groups excluding tert-OH is 1. The third-order valence-electron chi connectivity index (χ3n) is 4.83. The molecule has 0 fully saturated rings. The molecule has 0 aromatic heterocycles. The number of hydrogen-bond acceptors (Lipinski definition) is 5. The largest absolute Gasteiger partial charge is 0.466 e. The van der Waals surface area contributed by atoms with Crippen LogP contribution in [0.5, 0.6) is 0 Å². The van der Waals surface area contributed by atoms with Crippen LogP contribution in [-0.2, 0) is 19.1 Å². The molecule has 0 aliphatic rings. The predicted molar refractivity (Wildman–Crippen MR) is 104 cm³/mol. The first-order chi connectivity index (χ1) is 12.1. The summed E-state index contributed by atoms with van der Waals surface area (Å²) in [5.74, 6) is -0.297. The van der Waals surface area contributed by atoms with Gasteiger partial charge in [0.1, 0.15) is 0 Å². The maximum absolute atomic E-state index is 11.8. The third-order valence-corrected chi connectivity index (χ3v) is 4.83. The molecule has 0 saturated carbocycles. The molecule has 5 heteroatoms. The average molecular weight is 373 g/mol. The van der Waals surface area contributed by atoms with Crippen molar-refractivity contribution in [3.8, 4) is 0 Å². The van der Waals surface area contributed by atoms with Crippen molar-refractivity contribution in [3.05, 3.63) is 0 Å². The molecular weight excluding hydrogens is 332 g/mol. The Hall–Kier alpha value is -1.10.